The van der Waals surface area contributed by atoms with E-state index in [1.54, 1.807) is 0 Å². The van der Waals surface area contributed by atoms with Gasteiger partial charge in [0.25, 0.3) is 0 Å². The Morgan fingerprint density at radius 3 is 2.93 bits per heavy atom. The lowest BCUT2D eigenvalue weighted by molar-refractivity contribution is 0.592. The van der Waals surface area contributed by atoms with E-state index in [1.807, 2.05) is 25.5 Å². The van der Waals surface area contributed by atoms with E-state index in [-0.39, 0.29) is 0 Å². The van der Waals surface area contributed by atoms with Crippen LogP contribution >= 0.6 is 0 Å². The molecule has 1 unspecified atom stereocenters. The summed E-state index contributed by atoms with van der Waals surface area (Å²) in [5, 5.41) is 3.38. The quantitative estimate of drug-likeness (QED) is 0.762. The first-order valence-electron chi connectivity index (χ1n) is 5.68. The van der Waals surface area contributed by atoms with Gasteiger partial charge >= 0.3 is 0 Å². The molecular formula is C13H18N2. The van der Waals surface area contributed by atoms with Gasteiger partial charge in [-0.3, -0.25) is 4.98 Å². The first kappa shape index (κ1) is 10.4. The topological polar surface area (TPSA) is 24.9 Å². The molecule has 80 valence electrons. The molecule has 1 aliphatic carbocycles. The Balaban J connectivity index is 2.20. The maximum Gasteiger partial charge on any atom is 0.0548 e. The van der Waals surface area contributed by atoms with Crippen molar-refractivity contribution in [1.82, 2.24) is 10.3 Å². The van der Waals surface area contributed by atoms with Gasteiger partial charge in [0.15, 0.2) is 0 Å². The van der Waals surface area contributed by atoms with Crippen LogP contribution in [0.15, 0.2) is 36.2 Å². The van der Waals surface area contributed by atoms with Crippen LogP contribution in [-0.2, 0) is 0 Å². The highest BCUT2D eigenvalue weighted by Gasteiger charge is 2.15. The largest absolute Gasteiger partial charge is 0.310 e. The van der Waals surface area contributed by atoms with Gasteiger partial charge < -0.3 is 5.32 Å². The molecule has 0 spiro atoms. The molecule has 0 fully saturated rings. The Morgan fingerprint density at radius 2 is 2.33 bits per heavy atom. The minimum atomic E-state index is 0.360. The second-order valence-electron chi connectivity index (χ2n) is 4.03. The molecule has 1 heterocycles. The van der Waals surface area contributed by atoms with Gasteiger partial charge in [0, 0.05) is 12.4 Å². The SMILES string of the molecule is CNC(C1=CCCCC1)c1cccnc1. The van der Waals surface area contributed by atoms with Crippen LogP contribution in [-0.4, -0.2) is 12.0 Å². The first-order chi connectivity index (χ1) is 7.42. The monoisotopic (exact) mass is 202 g/mol. The molecule has 1 atom stereocenters. The van der Waals surface area contributed by atoms with Crippen LogP contribution in [0.3, 0.4) is 0 Å². The van der Waals surface area contributed by atoms with Crippen LogP contribution in [0.5, 0.6) is 0 Å². The molecule has 1 aliphatic rings. The van der Waals surface area contributed by atoms with Gasteiger partial charge in [-0.1, -0.05) is 17.7 Å². The smallest absolute Gasteiger partial charge is 0.0548 e. The van der Waals surface area contributed by atoms with Crippen LogP contribution < -0.4 is 5.32 Å². The van der Waals surface area contributed by atoms with Gasteiger partial charge in [-0.25, -0.2) is 0 Å². The lowest BCUT2D eigenvalue weighted by Crippen LogP contribution is -2.19. The number of rotatable bonds is 3. The summed E-state index contributed by atoms with van der Waals surface area (Å²) in [6.45, 7) is 0. The van der Waals surface area contributed by atoms with E-state index in [1.165, 1.54) is 36.8 Å². The van der Waals surface area contributed by atoms with E-state index in [0.717, 1.165) is 0 Å². The van der Waals surface area contributed by atoms with Crippen molar-refractivity contribution in [2.75, 3.05) is 7.05 Å². The molecule has 0 saturated carbocycles. The van der Waals surface area contributed by atoms with E-state index in [0.29, 0.717) is 6.04 Å². The Kier molecular flexibility index (Phi) is 3.51. The maximum atomic E-state index is 4.18. The summed E-state index contributed by atoms with van der Waals surface area (Å²) in [6, 6.07) is 4.51. The number of allylic oxidation sites excluding steroid dienone is 1. The third-order valence-electron chi connectivity index (χ3n) is 3.00. The molecule has 2 heteroatoms. The lowest BCUT2D eigenvalue weighted by Gasteiger charge is -2.22. The molecule has 15 heavy (non-hydrogen) atoms. The number of hydrogen-bond acceptors (Lipinski definition) is 2. The summed E-state index contributed by atoms with van der Waals surface area (Å²) in [7, 11) is 2.02. The van der Waals surface area contributed by atoms with Crippen LogP contribution in [0.4, 0.5) is 0 Å². The van der Waals surface area contributed by atoms with Crippen LogP contribution in [0.25, 0.3) is 0 Å². The average molecular weight is 202 g/mol. The molecule has 2 rings (SSSR count). The Hall–Kier alpha value is -1.15. The van der Waals surface area contributed by atoms with Crippen LogP contribution in [0, 0.1) is 0 Å². The lowest BCUT2D eigenvalue weighted by atomic mass is 9.90. The number of aromatic nitrogens is 1. The summed E-state index contributed by atoms with van der Waals surface area (Å²) < 4.78 is 0. The number of likely N-dealkylation sites (N-methyl/N-ethyl adjacent to an activating group) is 1. The van der Waals surface area contributed by atoms with Crippen molar-refractivity contribution < 1.29 is 0 Å². The Bertz CT molecular complexity index is 330. The molecule has 0 bridgehead atoms. The molecule has 1 aromatic heterocycles. The van der Waals surface area contributed by atoms with Crippen molar-refractivity contribution in [3.63, 3.8) is 0 Å². The van der Waals surface area contributed by atoms with Gasteiger partial charge in [-0.05, 0) is 44.4 Å². The average Bonchev–Trinajstić information content (AvgIpc) is 2.33. The fourth-order valence-electron chi connectivity index (χ4n) is 2.24. The predicted octanol–water partition coefficient (Wildman–Crippen LogP) is 2.84. The summed E-state index contributed by atoms with van der Waals surface area (Å²) in [6.07, 6.45) is 11.3. The first-order valence-corrected chi connectivity index (χ1v) is 5.68. The molecule has 0 radical (unpaired) electrons. The zero-order valence-electron chi connectivity index (χ0n) is 9.24. The zero-order valence-corrected chi connectivity index (χ0v) is 9.24. The molecule has 1 aromatic rings. The van der Waals surface area contributed by atoms with Gasteiger partial charge in [0.05, 0.1) is 6.04 Å². The van der Waals surface area contributed by atoms with E-state index >= 15 is 0 Å². The zero-order chi connectivity index (χ0) is 10.5. The van der Waals surface area contributed by atoms with Crippen molar-refractivity contribution in [3.8, 4) is 0 Å². The van der Waals surface area contributed by atoms with Crippen molar-refractivity contribution in [1.29, 1.82) is 0 Å². The molecular weight excluding hydrogens is 184 g/mol. The third-order valence-corrected chi connectivity index (χ3v) is 3.00. The number of nitrogens with zero attached hydrogens (tertiary/aromatic N) is 1. The molecule has 0 aliphatic heterocycles. The highest BCUT2D eigenvalue weighted by molar-refractivity contribution is 5.26. The number of pyridine rings is 1. The predicted molar refractivity (Wildman–Crippen MR) is 62.6 cm³/mol. The van der Waals surface area contributed by atoms with E-state index in [4.69, 9.17) is 0 Å². The maximum absolute atomic E-state index is 4.18. The number of nitrogens with one attached hydrogen (secondary N) is 1. The highest BCUT2D eigenvalue weighted by atomic mass is 14.9. The highest BCUT2D eigenvalue weighted by Crippen LogP contribution is 2.28. The van der Waals surface area contributed by atoms with Crippen LogP contribution in [0.2, 0.25) is 0 Å². The second kappa shape index (κ2) is 5.08. The van der Waals surface area contributed by atoms with E-state index in [2.05, 4.69) is 22.4 Å². The van der Waals surface area contributed by atoms with Crippen molar-refractivity contribution in [2.45, 2.75) is 31.7 Å². The summed E-state index contributed by atoms with van der Waals surface area (Å²) >= 11 is 0. The van der Waals surface area contributed by atoms with E-state index in [9.17, 15) is 0 Å². The fraction of sp³-hybridized carbons (Fsp3) is 0.462. The Labute approximate surface area is 91.4 Å². The summed E-state index contributed by atoms with van der Waals surface area (Å²) in [4.78, 5) is 4.18. The van der Waals surface area contributed by atoms with Gasteiger partial charge in [-0.15, -0.1) is 0 Å². The van der Waals surface area contributed by atoms with Gasteiger partial charge in [-0.2, -0.15) is 0 Å². The molecule has 2 nitrogen and oxygen atoms in total. The van der Waals surface area contributed by atoms with E-state index < -0.39 is 0 Å². The molecule has 1 N–H and O–H groups in total. The van der Waals surface area contributed by atoms with Crippen molar-refractivity contribution >= 4 is 0 Å². The molecule has 0 saturated heterocycles. The summed E-state index contributed by atoms with van der Waals surface area (Å²) in [5.74, 6) is 0. The molecule has 0 aromatic carbocycles. The summed E-state index contributed by atoms with van der Waals surface area (Å²) in [5.41, 5.74) is 2.80. The van der Waals surface area contributed by atoms with Crippen molar-refractivity contribution in [2.24, 2.45) is 0 Å². The van der Waals surface area contributed by atoms with Gasteiger partial charge in [0.2, 0.25) is 0 Å². The Morgan fingerprint density at radius 1 is 1.40 bits per heavy atom. The van der Waals surface area contributed by atoms with Gasteiger partial charge in [0.1, 0.15) is 0 Å². The normalized spacial score (nSPS) is 18.3. The minimum Gasteiger partial charge on any atom is -0.310 e. The second-order valence-corrected chi connectivity index (χ2v) is 4.03. The van der Waals surface area contributed by atoms with Crippen molar-refractivity contribution in [3.05, 3.63) is 41.7 Å². The molecule has 0 amide bonds. The number of hydrogen-bond donors (Lipinski definition) is 1. The van der Waals surface area contributed by atoms with Crippen LogP contribution in [0.1, 0.15) is 37.3 Å². The fourth-order valence-corrected chi connectivity index (χ4v) is 2.24. The minimum absolute atomic E-state index is 0.360. The standard InChI is InChI=1S/C13H18N2/c1-14-13(11-6-3-2-4-7-11)12-8-5-9-15-10-12/h5-6,8-10,13-14H,2-4,7H2,1H3. The third kappa shape index (κ3) is 2.45.